The van der Waals surface area contributed by atoms with E-state index in [9.17, 15) is 0 Å². The molecule has 2 N–H and O–H groups in total. The van der Waals surface area contributed by atoms with Crippen molar-refractivity contribution < 1.29 is 0 Å². The quantitative estimate of drug-likeness (QED) is 0.854. The topological polar surface area (TPSA) is 38.9 Å². The molecular formula is C14H15ClN2S. The molecule has 1 aromatic carbocycles. The van der Waals surface area contributed by atoms with Gasteiger partial charge in [0.1, 0.15) is 5.82 Å². The van der Waals surface area contributed by atoms with Crippen LogP contribution in [0.15, 0.2) is 35.2 Å². The maximum Gasteiger partial charge on any atom is 0.123 e. The zero-order valence-electron chi connectivity index (χ0n) is 10.4. The molecule has 18 heavy (non-hydrogen) atoms. The number of nitrogens with two attached hydrogens (primary N) is 1. The molecule has 2 nitrogen and oxygen atoms in total. The number of halogens is 1. The van der Waals surface area contributed by atoms with Gasteiger partial charge in [-0.3, -0.25) is 0 Å². The normalized spacial score (nSPS) is 10.6. The van der Waals surface area contributed by atoms with Gasteiger partial charge in [-0.1, -0.05) is 17.7 Å². The van der Waals surface area contributed by atoms with Gasteiger partial charge in [-0.05, 0) is 49.2 Å². The molecule has 0 fully saturated rings. The van der Waals surface area contributed by atoms with E-state index in [1.54, 1.807) is 23.9 Å². The van der Waals surface area contributed by atoms with Crippen molar-refractivity contribution in [2.75, 3.05) is 5.73 Å². The summed E-state index contributed by atoms with van der Waals surface area (Å²) in [6.45, 7) is 4.23. The number of thioether (sulfide) groups is 1. The molecule has 1 heterocycles. The molecule has 0 amide bonds. The lowest BCUT2D eigenvalue weighted by atomic mass is 10.1. The van der Waals surface area contributed by atoms with E-state index in [0.717, 1.165) is 11.4 Å². The van der Waals surface area contributed by atoms with Crippen LogP contribution in [0, 0.1) is 13.8 Å². The second kappa shape index (κ2) is 5.63. The van der Waals surface area contributed by atoms with Crippen molar-refractivity contribution >= 4 is 29.2 Å². The molecule has 0 spiro atoms. The monoisotopic (exact) mass is 278 g/mol. The summed E-state index contributed by atoms with van der Waals surface area (Å²) in [6.07, 6.45) is 0. The Labute approximate surface area is 117 Å². The summed E-state index contributed by atoms with van der Waals surface area (Å²) >= 11 is 7.80. The molecule has 2 rings (SSSR count). The van der Waals surface area contributed by atoms with E-state index in [0.29, 0.717) is 10.8 Å². The molecule has 0 unspecified atom stereocenters. The van der Waals surface area contributed by atoms with Gasteiger partial charge in [0.2, 0.25) is 0 Å². The molecule has 0 aliphatic heterocycles. The molecule has 0 bridgehead atoms. The third-order valence-electron chi connectivity index (χ3n) is 2.79. The zero-order valence-corrected chi connectivity index (χ0v) is 12.0. The van der Waals surface area contributed by atoms with Gasteiger partial charge in [-0.2, -0.15) is 0 Å². The number of hydrogen-bond acceptors (Lipinski definition) is 3. The molecule has 2 aromatic rings. The number of hydrogen-bond donors (Lipinski definition) is 1. The highest BCUT2D eigenvalue weighted by molar-refractivity contribution is 7.98. The van der Waals surface area contributed by atoms with Gasteiger partial charge < -0.3 is 5.73 Å². The molecule has 0 aliphatic rings. The molecule has 0 radical (unpaired) electrons. The minimum atomic E-state index is 0.509. The van der Waals surface area contributed by atoms with Crippen LogP contribution in [0.5, 0.6) is 0 Å². The zero-order chi connectivity index (χ0) is 13.1. The van der Waals surface area contributed by atoms with Crippen molar-refractivity contribution in [1.29, 1.82) is 0 Å². The van der Waals surface area contributed by atoms with Crippen LogP contribution >= 0.6 is 23.4 Å². The lowest BCUT2D eigenvalue weighted by Gasteiger charge is -2.06. The molecular weight excluding hydrogens is 264 g/mol. The van der Waals surface area contributed by atoms with Crippen molar-refractivity contribution in [1.82, 2.24) is 4.98 Å². The highest BCUT2D eigenvalue weighted by atomic mass is 35.5. The Hall–Kier alpha value is -1.19. The number of nitrogens with zero attached hydrogens (tertiary/aromatic N) is 1. The SMILES string of the molecule is Cc1ccc(SCc2nc(N)ccc2Cl)cc1C. The van der Waals surface area contributed by atoms with Crippen LogP contribution in [-0.4, -0.2) is 4.98 Å². The summed E-state index contributed by atoms with van der Waals surface area (Å²) in [5.74, 6) is 1.24. The van der Waals surface area contributed by atoms with E-state index in [2.05, 4.69) is 37.0 Å². The van der Waals surface area contributed by atoms with Gasteiger partial charge in [0.05, 0.1) is 10.7 Å². The number of benzene rings is 1. The van der Waals surface area contributed by atoms with Gasteiger partial charge in [0.15, 0.2) is 0 Å². The first kappa shape index (κ1) is 13.2. The van der Waals surface area contributed by atoms with Crippen LogP contribution in [0.4, 0.5) is 5.82 Å². The number of anilines is 1. The maximum atomic E-state index is 6.09. The summed E-state index contributed by atoms with van der Waals surface area (Å²) in [6, 6.07) is 9.94. The van der Waals surface area contributed by atoms with Gasteiger partial charge >= 0.3 is 0 Å². The Bertz CT molecular complexity index is 570. The average Bonchev–Trinajstić information content (AvgIpc) is 2.34. The third-order valence-corrected chi connectivity index (χ3v) is 4.14. The molecule has 1 aromatic heterocycles. The number of rotatable bonds is 3. The molecule has 0 saturated carbocycles. The van der Waals surface area contributed by atoms with Crippen LogP contribution in [0.2, 0.25) is 5.02 Å². The smallest absolute Gasteiger partial charge is 0.123 e. The highest BCUT2D eigenvalue weighted by Crippen LogP contribution is 2.27. The molecule has 0 aliphatic carbocycles. The first-order valence-corrected chi connectivity index (χ1v) is 7.03. The lowest BCUT2D eigenvalue weighted by Crippen LogP contribution is -1.95. The van der Waals surface area contributed by atoms with Crippen molar-refractivity contribution in [3.05, 3.63) is 52.2 Å². The van der Waals surface area contributed by atoms with E-state index in [-0.39, 0.29) is 0 Å². The van der Waals surface area contributed by atoms with Crippen molar-refractivity contribution in [3.63, 3.8) is 0 Å². The average molecular weight is 279 g/mol. The van der Waals surface area contributed by atoms with Crippen LogP contribution in [0.3, 0.4) is 0 Å². The van der Waals surface area contributed by atoms with Crippen molar-refractivity contribution in [2.24, 2.45) is 0 Å². The minimum absolute atomic E-state index is 0.509. The summed E-state index contributed by atoms with van der Waals surface area (Å²) in [5.41, 5.74) is 9.10. The molecule has 94 valence electrons. The maximum absolute atomic E-state index is 6.09. The molecule has 0 atom stereocenters. The largest absolute Gasteiger partial charge is 0.384 e. The Kier molecular flexibility index (Phi) is 4.15. The summed E-state index contributed by atoms with van der Waals surface area (Å²) in [4.78, 5) is 5.47. The fourth-order valence-electron chi connectivity index (χ4n) is 1.56. The number of aryl methyl sites for hydroxylation is 2. The van der Waals surface area contributed by atoms with Crippen LogP contribution in [-0.2, 0) is 5.75 Å². The summed E-state index contributed by atoms with van der Waals surface area (Å²) < 4.78 is 0. The van der Waals surface area contributed by atoms with E-state index in [4.69, 9.17) is 17.3 Å². The van der Waals surface area contributed by atoms with E-state index >= 15 is 0 Å². The van der Waals surface area contributed by atoms with Gasteiger partial charge in [-0.25, -0.2) is 4.98 Å². The van der Waals surface area contributed by atoms with E-state index in [1.807, 2.05) is 0 Å². The van der Waals surface area contributed by atoms with Crippen molar-refractivity contribution in [2.45, 2.75) is 24.5 Å². The Morgan fingerprint density at radius 3 is 2.67 bits per heavy atom. The number of aromatic nitrogens is 1. The third kappa shape index (κ3) is 3.18. The van der Waals surface area contributed by atoms with Crippen LogP contribution < -0.4 is 5.73 Å². The Morgan fingerprint density at radius 1 is 1.17 bits per heavy atom. The van der Waals surface area contributed by atoms with Crippen molar-refractivity contribution in [3.8, 4) is 0 Å². The van der Waals surface area contributed by atoms with Crippen LogP contribution in [0.1, 0.15) is 16.8 Å². The van der Waals surface area contributed by atoms with Gasteiger partial charge in [0, 0.05) is 10.6 Å². The Balaban J connectivity index is 2.11. The Morgan fingerprint density at radius 2 is 1.94 bits per heavy atom. The van der Waals surface area contributed by atoms with Crippen LogP contribution in [0.25, 0.3) is 0 Å². The predicted molar refractivity (Wildman–Crippen MR) is 79.1 cm³/mol. The molecule has 4 heteroatoms. The lowest BCUT2D eigenvalue weighted by molar-refractivity contribution is 1.18. The van der Waals surface area contributed by atoms with E-state index in [1.165, 1.54) is 16.0 Å². The fourth-order valence-corrected chi connectivity index (χ4v) is 2.76. The highest BCUT2D eigenvalue weighted by Gasteiger charge is 2.04. The summed E-state index contributed by atoms with van der Waals surface area (Å²) in [5, 5.41) is 0.667. The minimum Gasteiger partial charge on any atom is -0.384 e. The molecule has 0 saturated heterocycles. The second-order valence-electron chi connectivity index (χ2n) is 4.20. The van der Waals surface area contributed by atoms with E-state index < -0.39 is 0 Å². The first-order valence-electron chi connectivity index (χ1n) is 5.67. The first-order chi connectivity index (χ1) is 8.56. The second-order valence-corrected chi connectivity index (χ2v) is 5.66. The van der Waals surface area contributed by atoms with Gasteiger partial charge in [0.25, 0.3) is 0 Å². The standard InChI is InChI=1S/C14H15ClN2S/c1-9-3-4-11(7-10(9)2)18-8-13-12(15)5-6-14(16)17-13/h3-7H,8H2,1-2H3,(H2,16,17). The predicted octanol–water partition coefficient (Wildman–Crippen LogP) is 4.23. The summed E-state index contributed by atoms with van der Waals surface area (Å²) in [7, 11) is 0. The number of pyridine rings is 1. The number of nitrogen functional groups attached to an aromatic ring is 1. The fraction of sp³-hybridized carbons (Fsp3) is 0.214. The van der Waals surface area contributed by atoms with Gasteiger partial charge in [-0.15, -0.1) is 11.8 Å².